The van der Waals surface area contributed by atoms with Crippen molar-refractivity contribution in [1.82, 2.24) is 0 Å². The first-order chi connectivity index (χ1) is 8.17. The van der Waals surface area contributed by atoms with Crippen molar-refractivity contribution >= 4 is 35.0 Å². The van der Waals surface area contributed by atoms with Crippen molar-refractivity contribution in [3.05, 3.63) is 35.9 Å². The summed E-state index contributed by atoms with van der Waals surface area (Å²) in [5, 5.41) is 3.23. The van der Waals surface area contributed by atoms with E-state index in [1.165, 1.54) is 11.8 Å². The van der Waals surface area contributed by atoms with Crippen molar-refractivity contribution in [2.75, 3.05) is 23.9 Å². The Hall–Kier alpha value is -1.13. The fraction of sp³-hybridized carbons (Fsp3) is 0.250. The molecule has 0 radical (unpaired) electrons. The predicted octanol–water partition coefficient (Wildman–Crippen LogP) is 3.21. The molecular formula is C12H14ClNO2S. The second-order valence-electron chi connectivity index (χ2n) is 3.20. The lowest BCUT2D eigenvalue weighted by Crippen LogP contribution is -2.14. The molecule has 0 aliphatic heterocycles. The van der Waals surface area contributed by atoms with E-state index in [0.717, 1.165) is 5.75 Å². The average molecular weight is 272 g/mol. The SMILES string of the molecule is C=CCSCC(=O)Nc1ccc(OC)c(Cl)c1. The molecule has 1 N–H and O–H groups in total. The van der Waals surface area contributed by atoms with Crippen molar-refractivity contribution in [2.24, 2.45) is 0 Å². The first kappa shape index (κ1) is 13.9. The molecule has 0 unspecified atom stereocenters. The monoisotopic (exact) mass is 271 g/mol. The topological polar surface area (TPSA) is 38.3 Å². The van der Waals surface area contributed by atoms with Gasteiger partial charge in [-0.25, -0.2) is 0 Å². The summed E-state index contributed by atoms with van der Waals surface area (Å²) in [6.45, 7) is 3.59. The van der Waals surface area contributed by atoms with Gasteiger partial charge >= 0.3 is 0 Å². The van der Waals surface area contributed by atoms with Crippen LogP contribution in [0.5, 0.6) is 5.75 Å². The van der Waals surface area contributed by atoms with Crippen LogP contribution >= 0.6 is 23.4 Å². The van der Waals surface area contributed by atoms with Gasteiger partial charge in [-0.2, -0.15) is 0 Å². The number of amides is 1. The molecule has 0 saturated carbocycles. The van der Waals surface area contributed by atoms with Gasteiger partial charge < -0.3 is 10.1 Å². The van der Waals surface area contributed by atoms with Crippen molar-refractivity contribution in [1.29, 1.82) is 0 Å². The molecule has 0 spiro atoms. The molecule has 0 fully saturated rings. The molecule has 0 aromatic heterocycles. The summed E-state index contributed by atoms with van der Waals surface area (Å²) in [6, 6.07) is 5.13. The molecule has 0 heterocycles. The van der Waals surface area contributed by atoms with Crippen LogP contribution in [0.3, 0.4) is 0 Å². The number of methoxy groups -OCH3 is 1. The van der Waals surface area contributed by atoms with Gasteiger partial charge in [0, 0.05) is 11.4 Å². The van der Waals surface area contributed by atoms with E-state index < -0.39 is 0 Å². The Morgan fingerprint density at radius 2 is 2.41 bits per heavy atom. The minimum absolute atomic E-state index is 0.0573. The van der Waals surface area contributed by atoms with Crippen molar-refractivity contribution in [3.63, 3.8) is 0 Å². The second-order valence-corrected chi connectivity index (χ2v) is 4.64. The van der Waals surface area contributed by atoms with Crippen molar-refractivity contribution in [2.45, 2.75) is 0 Å². The molecule has 17 heavy (non-hydrogen) atoms. The van der Waals surface area contributed by atoms with E-state index in [0.29, 0.717) is 22.2 Å². The number of carbonyl (C=O) groups is 1. The number of nitrogens with one attached hydrogen (secondary N) is 1. The summed E-state index contributed by atoms with van der Waals surface area (Å²) in [6.07, 6.45) is 1.77. The number of hydrogen-bond donors (Lipinski definition) is 1. The van der Waals surface area contributed by atoms with Crippen LogP contribution < -0.4 is 10.1 Å². The number of rotatable bonds is 6. The highest BCUT2D eigenvalue weighted by atomic mass is 35.5. The summed E-state index contributed by atoms with van der Waals surface area (Å²) >= 11 is 7.45. The second kappa shape index (κ2) is 7.25. The average Bonchev–Trinajstić information content (AvgIpc) is 2.29. The molecule has 3 nitrogen and oxygen atoms in total. The molecule has 1 aromatic rings. The van der Waals surface area contributed by atoms with Crippen LogP contribution in [-0.2, 0) is 4.79 Å². The molecule has 1 aromatic carbocycles. The van der Waals surface area contributed by atoms with E-state index >= 15 is 0 Å². The van der Waals surface area contributed by atoms with Crippen LogP contribution in [0.25, 0.3) is 0 Å². The Bertz CT molecular complexity index is 409. The number of anilines is 1. The van der Waals surface area contributed by atoms with Gasteiger partial charge in [-0.3, -0.25) is 4.79 Å². The molecule has 0 aliphatic carbocycles. The zero-order valence-corrected chi connectivity index (χ0v) is 11.1. The Kier molecular flexibility index (Phi) is 5.94. The van der Waals surface area contributed by atoms with Gasteiger partial charge in [0.2, 0.25) is 5.91 Å². The smallest absolute Gasteiger partial charge is 0.234 e. The van der Waals surface area contributed by atoms with E-state index in [2.05, 4.69) is 11.9 Å². The van der Waals surface area contributed by atoms with Gasteiger partial charge in [-0.05, 0) is 18.2 Å². The summed E-state index contributed by atoms with van der Waals surface area (Å²) in [5.74, 6) is 1.69. The van der Waals surface area contributed by atoms with Crippen LogP contribution in [0.2, 0.25) is 5.02 Å². The van der Waals surface area contributed by atoms with Crippen LogP contribution in [0, 0.1) is 0 Å². The minimum atomic E-state index is -0.0573. The molecule has 0 atom stereocenters. The highest BCUT2D eigenvalue weighted by Gasteiger charge is 2.05. The van der Waals surface area contributed by atoms with Gasteiger partial charge in [0.15, 0.2) is 0 Å². The number of thioether (sulfide) groups is 1. The Labute approximate surface area is 110 Å². The minimum Gasteiger partial charge on any atom is -0.495 e. The fourth-order valence-electron chi connectivity index (χ4n) is 1.18. The highest BCUT2D eigenvalue weighted by molar-refractivity contribution is 8.00. The summed E-state index contributed by atoms with van der Waals surface area (Å²) in [7, 11) is 1.55. The lowest BCUT2D eigenvalue weighted by atomic mass is 10.3. The van der Waals surface area contributed by atoms with Gasteiger partial charge in [0.1, 0.15) is 5.75 Å². The zero-order valence-electron chi connectivity index (χ0n) is 9.53. The van der Waals surface area contributed by atoms with Crippen LogP contribution in [-0.4, -0.2) is 24.5 Å². The Balaban J connectivity index is 2.53. The Morgan fingerprint density at radius 1 is 1.65 bits per heavy atom. The van der Waals surface area contributed by atoms with Crippen LogP contribution in [0.1, 0.15) is 0 Å². The van der Waals surface area contributed by atoms with Crippen molar-refractivity contribution in [3.8, 4) is 5.75 Å². The highest BCUT2D eigenvalue weighted by Crippen LogP contribution is 2.27. The van der Waals surface area contributed by atoms with E-state index in [-0.39, 0.29) is 5.91 Å². The molecule has 0 aliphatic rings. The van der Waals surface area contributed by atoms with Crippen LogP contribution in [0.4, 0.5) is 5.69 Å². The molecule has 5 heteroatoms. The van der Waals surface area contributed by atoms with E-state index in [1.807, 2.05) is 0 Å². The van der Waals surface area contributed by atoms with E-state index in [4.69, 9.17) is 16.3 Å². The standard InChI is InChI=1S/C12H14ClNO2S/c1-3-6-17-8-12(15)14-9-4-5-11(16-2)10(13)7-9/h3-5,7H,1,6,8H2,2H3,(H,14,15). The molecule has 0 bridgehead atoms. The number of ether oxygens (including phenoxy) is 1. The van der Waals surface area contributed by atoms with Gasteiger partial charge in [-0.15, -0.1) is 18.3 Å². The van der Waals surface area contributed by atoms with Crippen molar-refractivity contribution < 1.29 is 9.53 Å². The third-order valence-corrected chi connectivity index (χ3v) is 3.14. The van der Waals surface area contributed by atoms with Crippen LogP contribution in [0.15, 0.2) is 30.9 Å². The van der Waals surface area contributed by atoms with Gasteiger partial charge in [-0.1, -0.05) is 17.7 Å². The first-order valence-electron chi connectivity index (χ1n) is 4.99. The molecule has 1 rings (SSSR count). The summed E-state index contributed by atoms with van der Waals surface area (Å²) in [5.41, 5.74) is 0.667. The van der Waals surface area contributed by atoms with Gasteiger partial charge in [0.25, 0.3) is 0 Å². The lowest BCUT2D eigenvalue weighted by Gasteiger charge is -2.07. The zero-order chi connectivity index (χ0) is 12.7. The van der Waals surface area contributed by atoms with E-state index in [1.54, 1.807) is 31.4 Å². The first-order valence-corrected chi connectivity index (χ1v) is 6.52. The molecule has 1 amide bonds. The third kappa shape index (κ3) is 4.71. The predicted molar refractivity (Wildman–Crippen MR) is 74.2 cm³/mol. The van der Waals surface area contributed by atoms with E-state index in [9.17, 15) is 4.79 Å². The lowest BCUT2D eigenvalue weighted by molar-refractivity contribution is -0.113. The van der Waals surface area contributed by atoms with Gasteiger partial charge in [0.05, 0.1) is 17.9 Å². The third-order valence-electron chi connectivity index (χ3n) is 1.90. The maximum absolute atomic E-state index is 11.5. The molecule has 92 valence electrons. The molecular weight excluding hydrogens is 258 g/mol. The normalized spacial score (nSPS) is 9.76. The number of benzene rings is 1. The summed E-state index contributed by atoms with van der Waals surface area (Å²) < 4.78 is 5.02. The maximum atomic E-state index is 11.5. The number of halogens is 1. The fourth-order valence-corrected chi connectivity index (χ4v) is 1.98. The summed E-state index contributed by atoms with van der Waals surface area (Å²) in [4.78, 5) is 11.5. The number of hydrogen-bond acceptors (Lipinski definition) is 3. The maximum Gasteiger partial charge on any atom is 0.234 e. The quantitative estimate of drug-likeness (QED) is 0.638. The Morgan fingerprint density at radius 3 is 3.00 bits per heavy atom. The number of carbonyl (C=O) groups excluding carboxylic acids is 1. The largest absolute Gasteiger partial charge is 0.495 e. The molecule has 0 saturated heterocycles.